The van der Waals surface area contributed by atoms with Crippen molar-refractivity contribution in [2.45, 2.75) is 38.8 Å². The Hall–Kier alpha value is -2.61. The lowest BCUT2D eigenvalue weighted by Gasteiger charge is -2.24. The van der Waals surface area contributed by atoms with Gasteiger partial charge in [0.05, 0.1) is 28.8 Å². The Kier molecular flexibility index (Phi) is 4.33. The van der Waals surface area contributed by atoms with Gasteiger partial charge in [-0.05, 0) is 39.3 Å². The summed E-state index contributed by atoms with van der Waals surface area (Å²) in [6, 6.07) is 3.29. The molecule has 1 aliphatic heterocycles. The second-order valence-electron chi connectivity index (χ2n) is 8.07. The Morgan fingerprint density at radius 1 is 1.32 bits per heavy atom. The number of aryl methyl sites for hydroxylation is 1. The molecule has 3 aromatic rings. The van der Waals surface area contributed by atoms with Crippen LogP contribution in [0.2, 0.25) is 5.15 Å². The van der Waals surface area contributed by atoms with E-state index in [1.165, 1.54) is 0 Å². The number of halogens is 1. The number of nitrogens with zero attached hydrogens (tertiary/aromatic N) is 5. The molecule has 0 N–H and O–H groups in total. The Balaban J connectivity index is 1.79. The van der Waals surface area contributed by atoms with Crippen molar-refractivity contribution in [2.75, 3.05) is 13.1 Å². The van der Waals surface area contributed by atoms with Gasteiger partial charge in [0.15, 0.2) is 0 Å². The highest BCUT2D eigenvalue weighted by Crippen LogP contribution is 2.29. The zero-order valence-corrected chi connectivity index (χ0v) is 17.0. The predicted octanol–water partition coefficient (Wildman–Crippen LogP) is 3.12. The van der Waals surface area contributed by atoms with E-state index in [0.717, 1.165) is 0 Å². The predicted molar refractivity (Wildman–Crippen MR) is 107 cm³/mol. The lowest BCUT2D eigenvalue weighted by molar-refractivity contribution is 0.0289. The summed E-state index contributed by atoms with van der Waals surface area (Å²) in [5.74, 6) is 0. The molecule has 4 heterocycles. The number of rotatable bonds is 1. The first-order valence-electron chi connectivity index (χ1n) is 9.16. The Bertz CT molecular complexity index is 1140. The third-order valence-corrected chi connectivity index (χ3v) is 5.12. The largest absolute Gasteiger partial charge is 0.444 e. The second kappa shape index (κ2) is 6.48. The minimum atomic E-state index is -0.562. The summed E-state index contributed by atoms with van der Waals surface area (Å²) in [5.41, 5.74) is 1.89. The zero-order valence-electron chi connectivity index (χ0n) is 16.3. The van der Waals surface area contributed by atoms with Crippen LogP contribution in [0, 0.1) is 0 Å². The van der Waals surface area contributed by atoms with Gasteiger partial charge in [-0.2, -0.15) is 0 Å². The van der Waals surface area contributed by atoms with Crippen molar-refractivity contribution in [1.29, 1.82) is 0 Å². The number of imidazole rings is 1. The minimum Gasteiger partial charge on any atom is -0.444 e. The average Bonchev–Trinajstić information content (AvgIpc) is 3.18. The topological polar surface area (TPSA) is 82.2 Å². The van der Waals surface area contributed by atoms with Gasteiger partial charge in [0.1, 0.15) is 16.3 Å². The van der Waals surface area contributed by atoms with E-state index in [1.54, 1.807) is 39.4 Å². The summed E-state index contributed by atoms with van der Waals surface area (Å²) in [6.07, 6.45) is 1.96. The molecule has 0 bridgehead atoms. The van der Waals surface area contributed by atoms with Gasteiger partial charge >= 0.3 is 11.8 Å². The number of amides is 1. The number of carbonyl (C=O) groups excluding carboxylic acids is 1. The third-order valence-electron chi connectivity index (χ3n) is 4.91. The quantitative estimate of drug-likeness (QED) is 0.583. The summed E-state index contributed by atoms with van der Waals surface area (Å²) in [5, 5.41) is 0.339. The van der Waals surface area contributed by atoms with Gasteiger partial charge in [-0.3, -0.25) is 14.1 Å². The minimum absolute atomic E-state index is 0.165. The molecule has 0 saturated carbocycles. The summed E-state index contributed by atoms with van der Waals surface area (Å²) >= 11 is 6.10. The van der Waals surface area contributed by atoms with Crippen LogP contribution in [-0.4, -0.2) is 48.8 Å². The number of pyridine rings is 2. The van der Waals surface area contributed by atoms with Crippen LogP contribution >= 0.6 is 11.6 Å². The standard InChI is InChI=1S/C19H22ClN5O3/c1-19(2,3)28-18(27)24-8-7-11(10-24)25-16-13(23(4)17(25)26)9-21-12-5-6-14(20)22-15(12)16/h5-6,9,11H,7-8,10H2,1-4H3. The fourth-order valence-corrected chi connectivity index (χ4v) is 3.79. The van der Waals surface area contributed by atoms with E-state index in [1.807, 2.05) is 20.8 Å². The van der Waals surface area contributed by atoms with E-state index in [0.29, 0.717) is 46.7 Å². The summed E-state index contributed by atoms with van der Waals surface area (Å²) in [6.45, 7) is 6.44. The molecule has 1 unspecified atom stereocenters. The molecule has 1 amide bonds. The lowest BCUT2D eigenvalue weighted by Crippen LogP contribution is -2.36. The molecular formula is C19H22ClN5O3. The van der Waals surface area contributed by atoms with Crippen molar-refractivity contribution in [3.8, 4) is 0 Å². The molecule has 1 saturated heterocycles. The molecule has 4 rings (SSSR count). The SMILES string of the molecule is Cn1c(=O)n(C2CCN(C(=O)OC(C)(C)C)C2)c2c3nc(Cl)ccc3ncc21. The molecule has 148 valence electrons. The van der Waals surface area contributed by atoms with Crippen LogP contribution in [0.15, 0.2) is 23.1 Å². The molecule has 0 aliphatic carbocycles. The third kappa shape index (κ3) is 3.11. The number of carbonyl (C=O) groups is 1. The Morgan fingerprint density at radius 2 is 2.07 bits per heavy atom. The van der Waals surface area contributed by atoms with E-state index in [4.69, 9.17) is 16.3 Å². The van der Waals surface area contributed by atoms with Crippen molar-refractivity contribution in [2.24, 2.45) is 7.05 Å². The number of ether oxygens (including phenoxy) is 1. The van der Waals surface area contributed by atoms with Crippen LogP contribution in [0.5, 0.6) is 0 Å². The summed E-state index contributed by atoms with van der Waals surface area (Å²) in [7, 11) is 1.71. The van der Waals surface area contributed by atoms with E-state index < -0.39 is 5.60 Å². The number of aromatic nitrogens is 4. The van der Waals surface area contributed by atoms with Crippen molar-refractivity contribution in [3.63, 3.8) is 0 Å². The van der Waals surface area contributed by atoms with E-state index >= 15 is 0 Å². The molecule has 0 aromatic carbocycles. The van der Waals surface area contributed by atoms with Crippen molar-refractivity contribution < 1.29 is 9.53 Å². The Labute approximate surface area is 166 Å². The maximum absolute atomic E-state index is 13.0. The van der Waals surface area contributed by atoms with Gasteiger partial charge < -0.3 is 9.64 Å². The van der Waals surface area contributed by atoms with Crippen LogP contribution in [0.4, 0.5) is 4.79 Å². The molecule has 9 heteroatoms. The zero-order chi connectivity index (χ0) is 20.2. The van der Waals surface area contributed by atoms with Crippen LogP contribution in [0.3, 0.4) is 0 Å². The van der Waals surface area contributed by atoms with Crippen molar-refractivity contribution in [1.82, 2.24) is 24.0 Å². The molecule has 0 radical (unpaired) electrons. The highest BCUT2D eigenvalue weighted by Gasteiger charge is 2.33. The van der Waals surface area contributed by atoms with Crippen molar-refractivity contribution in [3.05, 3.63) is 34.0 Å². The van der Waals surface area contributed by atoms with Gasteiger partial charge in [-0.15, -0.1) is 0 Å². The van der Waals surface area contributed by atoms with Gasteiger partial charge in [0.25, 0.3) is 0 Å². The first-order chi connectivity index (χ1) is 13.2. The molecule has 28 heavy (non-hydrogen) atoms. The van der Waals surface area contributed by atoms with Crippen LogP contribution in [0.1, 0.15) is 33.2 Å². The molecular weight excluding hydrogens is 382 g/mol. The smallest absolute Gasteiger partial charge is 0.410 e. The normalized spacial score (nSPS) is 17.6. The van der Waals surface area contributed by atoms with Crippen LogP contribution in [0.25, 0.3) is 22.1 Å². The number of fused-ring (bicyclic) bond motifs is 3. The van der Waals surface area contributed by atoms with Crippen LogP contribution in [-0.2, 0) is 11.8 Å². The number of likely N-dealkylation sites (tertiary alicyclic amines) is 1. The molecule has 0 spiro atoms. The van der Waals surface area contributed by atoms with Gasteiger partial charge in [0, 0.05) is 20.1 Å². The monoisotopic (exact) mass is 403 g/mol. The highest BCUT2D eigenvalue weighted by atomic mass is 35.5. The molecule has 1 fully saturated rings. The Morgan fingerprint density at radius 3 is 2.79 bits per heavy atom. The summed E-state index contributed by atoms with van der Waals surface area (Å²) < 4.78 is 8.74. The van der Waals surface area contributed by atoms with E-state index in [9.17, 15) is 9.59 Å². The molecule has 3 aromatic heterocycles. The molecule has 8 nitrogen and oxygen atoms in total. The first kappa shape index (κ1) is 18.7. The van der Waals surface area contributed by atoms with Gasteiger partial charge in [0.2, 0.25) is 0 Å². The molecule has 1 atom stereocenters. The van der Waals surface area contributed by atoms with E-state index in [2.05, 4.69) is 9.97 Å². The summed E-state index contributed by atoms with van der Waals surface area (Å²) in [4.78, 5) is 35.9. The van der Waals surface area contributed by atoms with Gasteiger partial charge in [-0.1, -0.05) is 11.6 Å². The average molecular weight is 404 g/mol. The van der Waals surface area contributed by atoms with Crippen molar-refractivity contribution >= 4 is 39.8 Å². The lowest BCUT2D eigenvalue weighted by atomic mass is 10.2. The van der Waals surface area contributed by atoms with E-state index in [-0.39, 0.29) is 17.8 Å². The van der Waals surface area contributed by atoms with Gasteiger partial charge in [-0.25, -0.2) is 14.6 Å². The first-order valence-corrected chi connectivity index (χ1v) is 9.53. The maximum Gasteiger partial charge on any atom is 0.410 e. The fourth-order valence-electron chi connectivity index (χ4n) is 3.65. The molecule has 1 aliphatic rings. The fraction of sp³-hybridized carbons (Fsp3) is 0.474. The maximum atomic E-state index is 13.0. The number of hydrogen-bond donors (Lipinski definition) is 0. The van der Waals surface area contributed by atoms with Crippen LogP contribution < -0.4 is 5.69 Å². The number of hydrogen-bond acceptors (Lipinski definition) is 5. The second-order valence-corrected chi connectivity index (χ2v) is 8.46. The highest BCUT2D eigenvalue weighted by molar-refractivity contribution is 6.30.